The van der Waals surface area contributed by atoms with E-state index in [0.717, 1.165) is 17.7 Å². The van der Waals surface area contributed by atoms with E-state index in [1.807, 2.05) is 13.8 Å². The molecule has 6 heteroatoms. The lowest BCUT2D eigenvalue weighted by atomic mass is 10.1. The molecule has 0 amide bonds. The van der Waals surface area contributed by atoms with Gasteiger partial charge in [0.15, 0.2) is 0 Å². The Labute approximate surface area is 122 Å². The zero-order valence-electron chi connectivity index (χ0n) is 11.9. The Bertz CT molecular complexity index is 641. The van der Waals surface area contributed by atoms with Gasteiger partial charge in [0.05, 0.1) is 22.9 Å². The molecule has 0 saturated carbocycles. The molecule has 0 saturated heterocycles. The second-order valence-electron chi connectivity index (χ2n) is 4.74. The van der Waals surface area contributed by atoms with E-state index in [-0.39, 0.29) is 11.7 Å². The molecule has 0 unspecified atom stereocenters. The van der Waals surface area contributed by atoms with Gasteiger partial charge in [-0.1, -0.05) is 6.92 Å². The fourth-order valence-corrected chi connectivity index (χ4v) is 1.82. The Morgan fingerprint density at radius 3 is 2.71 bits per heavy atom. The van der Waals surface area contributed by atoms with E-state index in [1.54, 1.807) is 24.4 Å². The monoisotopic (exact) mass is 287 g/mol. The van der Waals surface area contributed by atoms with Crippen LogP contribution in [0.25, 0.3) is 0 Å². The number of pyridine rings is 1. The molecule has 1 aromatic carbocycles. The van der Waals surface area contributed by atoms with E-state index in [9.17, 15) is 10.1 Å². The van der Waals surface area contributed by atoms with Gasteiger partial charge in [0, 0.05) is 12.1 Å². The molecule has 2 aromatic rings. The highest BCUT2D eigenvalue weighted by Crippen LogP contribution is 2.28. The van der Waals surface area contributed by atoms with E-state index in [0.29, 0.717) is 11.5 Å². The molecule has 2 N–H and O–H groups in total. The summed E-state index contributed by atoms with van der Waals surface area (Å²) < 4.78 is 5.66. The zero-order valence-corrected chi connectivity index (χ0v) is 11.9. The Kier molecular flexibility index (Phi) is 4.49. The van der Waals surface area contributed by atoms with Crippen molar-refractivity contribution in [3.8, 4) is 11.5 Å². The first-order chi connectivity index (χ1) is 10.0. The summed E-state index contributed by atoms with van der Waals surface area (Å²) in [7, 11) is 0. The van der Waals surface area contributed by atoms with Gasteiger partial charge >= 0.3 is 0 Å². The third kappa shape index (κ3) is 3.55. The largest absolute Gasteiger partial charge is 0.455 e. The van der Waals surface area contributed by atoms with Crippen LogP contribution >= 0.6 is 0 Å². The molecular formula is C15H17N3O3. The SMILES string of the molecule is CC[C@H](N)c1ccc(Oc2cc([N+](=O)[O-])ccc2C)cn1. The third-order valence-electron chi connectivity index (χ3n) is 3.19. The summed E-state index contributed by atoms with van der Waals surface area (Å²) in [5, 5.41) is 10.8. The first-order valence-electron chi connectivity index (χ1n) is 6.65. The number of aromatic nitrogens is 1. The van der Waals surface area contributed by atoms with Crippen molar-refractivity contribution < 1.29 is 9.66 Å². The van der Waals surface area contributed by atoms with Gasteiger partial charge in [-0.15, -0.1) is 0 Å². The van der Waals surface area contributed by atoms with Crippen LogP contribution in [0, 0.1) is 17.0 Å². The van der Waals surface area contributed by atoms with E-state index in [2.05, 4.69) is 4.98 Å². The minimum absolute atomic E-state index is 0.00631. The molecule has 1 aromatic heterocycles. The molecule has 6 nitrogen and oxygen atoms in total. The average Bonchev–Trinajstić information content (AvgIpc) is 2.49. The van der Waals surface area contributed by atoms with Crippen molar-refractivity contribution >= 4 is 5.69 Å². The smallest absolute Gasteiger partial charge is 0.273 e. The predicted molar refractivity (Wildman–Crippen MR) is 79.4 cm³/mol. The number of nitro benzene ring substituents is 1. The topological polar surface area (TPSA) is 91.3 Å². The van der Waals surface area contributed by atoms with Crippen molar-refractivity contribution in [2.24, 2.45) is 5.73 Å². The number of nitrogens with zero attached hydrogens (tertiary/aromatic N) is 2. The summed E-state index contributed by atoms with van der Waals surface area (Å²) in [6.45, 7) is 3.82. The molecule has 0 radical (unpaired) electrons. The van der Waals surface area contributed by atoms with Crippen molar-refractivity contribution in [2.45, 2.75) is 26.3 Å². The van der Waals surface area contributed by atoms with Crippen LogP contribution in [0.3, 0.4) is 0 Å². The van der Waals surface area contributed by atoms with Crippen LogP contribution in [0.15, 0.2) is 36.5 Å². The second-order valence-corrected chi connectivity index (χ2v) is 4.74. The second kappa shape index (κ2) is 6.32. The van der Waals surface area contributed by atoms with Gasteiger partial charge in [-0.3, -0.25) is 15.1 Å². The number of rotatable bonds is 5. The van der Waals surface area contributed by atoms with Gasteiger partial charge in [-0.2, -0.15) is 0 Å². The molecule has 21 heavy (non-hydrogen) atoms. The number of hydrogen-bond donors (Lipinski definition) is 1. The summed E-state index contributed by atoms with van der Waals surface area (Å²) >= 11 is 0. The lowest BCUT2D eigenvalue weighted by Crippen LogP contribution is -2.10. The van der Waals surface area contributed by atoms with Crippen LogP contribution in [0.2, 0.25) is 0 Å². The van der Waals surface area contributed by atoms with Crippen LogP contribution in [-0.2, 0) is 0 Å². The Hall–Kier alpha value is -2.47. The molecular weight excluding hydrogens is 270 g/mol. The fraction of sp³-hybridized carbons (Fsp3) is 0.267. The van der Waals surface area contributed by atoms with Gasteiger partial charge < -0.3 is 10.5 Å². The average molecular weight is 287 g/mol. The number of nitro groups is 1. The highest BCUT2D eigenvalue weighted by molar-refractivity contribution is 5.45. The van der Waals surface area contributed by atoms with Crippen LogP contribution in [0.4, 0.5) is 5.69 Å². The normalized spacial score (nSPS) is 12.0. The number of ether oxygens (including phenoxy) is 1. The van der Waals surface area contributed by atoms with Gasteiger partial charge in [0.1, 0.15) is 11.5 Å². The molecule has 0 spiro atoms. The maximum absolute atomic E-state index is 10.8. The minimum atomic E-state index is -0.450. The lowest BCUT2D eigenvalue weighted by molar-refractivity contribution is -0.384. The van der Waals surface area contributed by atoms with Gasteiger partial charge in [0.2, 0.25) is 0 Å². The molecule has 110 valence electrons. The molecule has 0 aliphatic carbocycles. The van der Waals surface area contributed by atoms with Crippen LogP contribution in [0.1, 0.15) is 30.6 Å². The van der Waals surface area contributed by atoms with Crippen molar-refractivity contribution in [3.05, 3.63) is 57.9 Å². The maximum Gasteiger partial charge on any atom is 0.273 e. The Balaban J connectivity index is 2.22. The van der Waals surface area contributed by atoms with E-state index in [4.69, 9.17) is 10.5 Å². The molecule has 2 rings (SSSR count). The number of aryl methyl sites for hydroxylation is 1. The van der Waals surface area contributed by atoms with Crippen LogP contribution < -0.4 is 10.5 Å². The lowest BCUT2D eigenvalue weighted by Gasteiger charge is -2.11. The van der Waals surface area contributed by atoms with E-state index >= 15 is 0 Å². The molecule has 0 aliphatic rings. The molecule has 1 heterocycles. The third-order valence-corrected chi connectivity index (χ3v) is 3.19. The van der Waals surface area contributed by atoms with Crippen molar-refractivity contribution in [3.63, 3.8) is 0 Å². The maximum atomic E-state index is 10.8. The van der Waals surface area contributed by atoms with Gasteiger partial charge in [-0.25, -0.2) is 0 Å². The minimum Gasteiger partial charge on any atom is -0.455 e. The van der Waals surface area contributed by atoms with E-state index in [1.165, 1.54) is 12.1 Å². The number of hydrogen-bond acceptors (Lipinski definition) is 5. The Morgan fingerprint density at radius 1 is 1.38 bits per heavy atom. The Morgan fingerprint density at radius 2 is 2.14 bits per heavy atom. The molecule has 1 atom stereocenters. The van der Waals surface area contributed by atoms with Crippen LogP contribution in [0.5, 0.6) is 11.5 Å². The molecule has 0 aliphatic heterocycles. The van der Waals surface area contributed by atoms with Crippen molar-refractivity contribution in [1.29, 1.82) is 0 Å². The molecule has 0 fully saturated rings. The summed E-state index contributed by atoms with van der Waals surface area (Å²) in [5.41, 5.74) is 7.50. The first-order valence-corrected chi connectivity index (χ1v) is 6.65. The number of benzene rings is 1. The van der Waals surface area contributed by atoms with E-state index < -0.39 is 4.92 Å². The first kappa shape index (κ1) is 14.9. The highest BCUT2D eigenvalue weighted by Gasteiger charge is 2.11. The number of nitrogens with two attached hydrogens (primary N) is 1. The summed E-state index contributed by atoms with van der Waals surface area (Å²) in [6, 6.07) is 7.97. The highest BCUT2D eigenvalue weighted by atomic mass is 16.6. The summed E-state index contributed by atoms with van der Waals surface area (Å²) in [6.07, 6.45) is 2.38. The predicted octanol–water partition coefficient (Wildman–Crippen LogP) is 3.50. The zero-order chi connectivity index (χ0) is 15.4. The fourth-order valence-electron chi connectivity index (χ4n) is 1.82. The standard InChI is InChI=1S/C15H17N3O3/c1-3-13(16)14-7-6-12(9-17-14)21-15-8-11(18(19)20)5-4-10(15)2/h4-9,13H,3,16H2,1-2H3/t13-/m0/s1. The summed E-state index contributed by atoms with van der Waals surface area (Å²) in [4.78, 5) is 14.6. The van der Waals surface area contributed by atoms with Crippen molar-refractivity contribution in [2.75, 3.05) is 0 Å². The number of non-ortho nitro benzene ring substituents is 1. The summed E-state index contributed by atoms with van der Waals surface area (Å²) in [5.74, 6) is 0.962. The molecule has 0 bridgehead atoms. The van der Waals surface area contributed by atoms with Gasteiger partial charge in [0.25, 0.3) is 5.69 Å². The quantitative estimate of drug-likeness (QED) is 0.671. The van der Waals surface area contributed by atoms with Crippen molar-refractivity contribution in [1.82, 2.24) is 4.98 Å². The van der Waals surface area contributed by atoms with Gasteiger partial charge in [-0.05, 0) is 37.1 Å². The van der Waals surface area contributed by atoms with Crippen LogP contribution in [-0.4, -0.2) is 9.91 Å².